The normalized spacial score (nSPS) is 25.2. The zero-order valence-electron chi connectivity index (χ0n) is 16.0. The van der Waals surface area contributed by atoms with Crippen molar-refractivity contribution in [1.82, 2.24) is 10.3 Å². The van der Waals surface area contributed by atoms with Gasteiger partial charge in [-0.15, -0.1) is 0 Å². The van der Waals surface area contributed by atoms with Gasteiger partial charge in [-0.1, -0.05) is 6.42 Å². The zero-order valence-corrected chi connectivity index (χ0v) is 16.0. The van der Waals surface area contributed by atoms with E-state index in [9.17, 15) is 14.4 Å². The van der Waals surface area contributed by atoms with E-state index in [2.05, 4.69) is 17.2 Å². The molecule has 1 amide bonds. The molecule has 0 radical (unpaired) electrons. The van der Waals surface area contributed by atoms with E-state index in [1.54, 1.807) is 6.92 Å². The number of nitrogens with one attached hydrogen (secondary N) is 2. The molecular weight excluding hydrogens is 332 g/mol. The van der Waals surface area contributed by atoms with Crippen molar-refractivity contribution < 1.29 is 19.1 Å². The summed E-state index contributed by atoms with van der Waals surface area (Å²) in [5.41, 5.74) is 1.63. The quantitative estimate of drug-likeness (QED) is 0.603. The second kappa shape index (κ2) is 7.25. The van der Waals surface area contributed by atoms with Crippen LogP contribution >= 0.6 is 0 Å². The molecule has 1 aromatic heterocycles. The first-order valence-electron chi connectivity index (χ1n) is 9.41. The van der Waals surface area contributed by atoms with Crippen LogP contribution < -0.4 is 5.32 Å². The summed E-state index contributed by atoms with van der Waals surface area (Å²) < 4.78 is 4.83. The van der Waals surface area contributed by atoms with Gasteiger partial charge in [0.15, 0.2) is 5.78 Å². The summed E-state index contributed by atoms with van der Waals surface area (Å²) in [6, 6.07) is 0.128. The van der Waals surface area contributed by atoms with Crippen LogP contribution in [0.2, 0.25) is 0 Å². The number of H-pyrrole nitrogens is 1. The van der Waals surface area contributed by atoms with Crippen LogP contribution in [0, 0.1) is 24.7 Å². The molecule has 0 aliphatic heterocycles. The van der Waals surface area contributed by atoms with E-state index in [0.717, 1.165) is 11.8 Å². The van der Waals surface area contributed by atoms with Crippen LogP contribution in [0.3, 0.4) is 0 Å². The van der Waals surface area contributed by atoms with Crippen LogP contribution in [0.15, 0.2) is 0 Å². The van der Waals surface area contributed by atoms with E-state index in [0.29, 0.717) is 28.4 Å². The van der Waals surface area contributed by atoms with Gasteiger partial charge in [0, 0.05) is 18.7 Å². The van der Waals surface area contributed by atoms with Gasteiger partial charge in [-0.25, -0.2) is 4.79 Å². The molecule has 2 N–H and O–H groups in total. The molecule has 2 saturated carbocycles. The fourth-order valence-corrected chi connectivity index (χ4v) is 5.00. The van der Waals surface area contributed by atoms with Crippen LogP contribution in [-0.4, -0.2) is 35.8 Å². The SMILES string of the molecule is COC(=O)c1c(CC(=O)NC(C)C2CC3CCC2C3)[nH]c(C(C)=O)c1C. The summed E-state index contributed by atoms with van der Waals surface area (Å²) in [6.45, 7) is 5.20. The topological polar surface area (TPSA) is 88.3 Å². The Balaban J connectivity index is 1.71. The van der Waals surface area contributed by atoms with Gasteiger partial charge in [0.25, 0.3) is 0 Å². The molecule has 2 aliphatic carbocycles. The number of carbonyl (C=O) groups is 3. The fraction of sp³-hybridized carbons (Fsp3) is 0.650. The van der Waals surface area contributed by atoms with Crippen molar-refractivity contribution in [2.24, 2.45) is 17.8 Å². The molecule has 1 heterocycles. The Morgan fingerprint density at radius 3 is 2.54 bits per heavy atom. The average molecular weight is 360 g/mol. The van der Waals surface area contributed by atoms with Crippen molar-refractivity contribution in [3.05, 3.63) is 22.5 Å². The van der Waals surface area contributed by atoms with Crippen molar-refractivity contribution in [2.75, 3.05) is 7.11 Å². The van der Waals surface area contributed by atoms with Gasteiger partial charge in [0.1, 0.15) is 0 Å². The van der Waals surface area contributed by atoms with Crippen LogP contribution in [0.25, 0.3) is 0 Å². The van der Waals surface area contributed by atoms with Crippen LogP contribution in [0.4, 0.5) is 0 Å². The molecule has 2 fully saturated rings. The Morgan fingerprint density at radius 1 is 1.27 bits per heavy atom. The molecule has 0 saturated heterocycles. The van der Waals surface area contributed by atoms with E-state index >= 15 is 0 Å². The third kappa shape index (κ3) is 3.41. The minimum absolute atomic E-state index is 0.0315. The zero-order chi connectivity index (χ0) is 19.0. The molecule has 6 nitrogen and oxygen atoms in total. The smallest absolute Gasteiger partial charge is 0.339 e. The summed E-state index contributed by atoms with van der Waals surface area (Å²) in [5.74, 6) is 1.28. The first-order chi connectivity index (χ1) is 12.3. The third-order valence-corrected chi connectivity index (χ3v) is 6.23. The van der Waals surface area contributed by atoms with E-state index in [-0.39, 0.29) is 24.2 Å². The van der Waals surface area contributed by atoms with Gasteiger partial charge in [0.2, 0.25) is 5.91 Å². The number of aromatic nitrogens is 1. The minimum atomic E-state index is -0.532. The van der Waals surface area contributed by atoms with E-state index in [1.165, 1.54) is 39.7 Å². The molecular formula is C20H28N2O4. The van der Waals surface area contributed by atoms with E-state index in [1.807, 2.05) is 0 Å². The Labute approximate surface area is 154 Å². The van der Waals surface area contributed by atoms with Crippen LogP contribution in [-0.2, 0) is 16.0 Å². The van der Waals surface area contributed by atoms with Crippen LogP contribution in [0.5, 0.6) is 0 Å². The molecule has 6 heteroatoms. The predicted molar refractivity (Wildman–Crippen MR) is 97.1 cm³/mol. The second-order valence-corrected chi connectivity index (χ2v) is 7.90. The van der Waals surface area contributed by atoms with E-state index in [4.69, 9.17) is 4.74 Å². The number of carbonyl (C=O) groups excluding carboxylic acids is 3. The van der Waals surface area contributed by atoms with Crippen molar-refractivity contribution in [1.29, 1.82) is 0 Å². The molecule has 3 rings (SSSR count). The number of hydrogen-bond acceptors (Lipinski definition) is 4. The highest BCUT2D eigenvalue weighted by Gasteiger charge is 2.42. The number of methoxy groups -OCH3 is 1. The molecule has 0 aromatic carbocycles. The highest BCUT2D eigenvalue weighted by atomic mass is 16.5. The number of hydrogen-bond donors (Lipinski definition) is 2. The number of esters is 1. The Morgan fingerprint density at radius 2 is 2.00 bits per heavy atom. The summed E-state index contributed by atoms with van der Waals surface area (Å²) >= 11 is 0. The van der Waals surface area contributed by atoms with Gasteiger partial charge in [-0.3, -0.25) is 9.59 Å². The largest absolute Gasteiger partial charge is 0.465 e. The first-order valence-corrected chi connectivity index (χ1v) is 9.41. The standard InChI is InChI=1S/C20H28N2O4/c1-10-18(20(25)26-4)16(22-19(10)12(3)23)9-17(24)21-11(2)15-8-13-5-6-14(15)7-13/h11,13-15,22H,5-9H2,1-4H3,(H,21,24). The van der Waals surface area contributed by atoms with Gasteiger partial charge in [-0.05, 0) is 56.4 Å². The molecule has 0 spiro atoms. The highest BCUT2D eigenvalue weighted by Crippen LogP contribution is 2.49. The summed E-state index contributed by atoms with van der Waals surface area (Å²) in [5, 5.41) is 3.10. The number of ketones is 1. The van der Waals surface area contributed by atoms with Crippen molar-refractivity contribution in [2.45, 2.75) is 58.9 Å². The number of Topliss-reactive ketones (excluding diaryl/α,β-unsaturated/α-hetero) is 1. The molecule has 4 atom stereocenters. The maximum absolute atomic E-state index is 12.6. The molecule has 2 bridgehead atoms. The Hall–Kier alpha value is -2.11. The summed E-state index contributed by atoms with van der Waals surface area (Å²) in [7, 11) is 1.29. The lowest BCUT2D eigenvalue weighted by Crippen LogP contribution is -2.41. The lowest BCUT2D eigenvalue weighted by atomic mass is 9.84. The average Bonchev–Trinajstić information content (AvgIpc) is 3.28. The second-order valence-electron chi connectivity index (χ2n) is 7.90. The lowest BCUT2D eigenvalue weighted by Gasteiger charge is -2.28. The Bertz CT molecular complexity index is 736. The highest BCUT2D eigenvalue weighted by molar-refractivity contribution is 6.01. The number of amides is 1. The van der Waals surface area contributed by atoms with Crippen molar-refractivity contribution in [3.8, 4) is 0 Å². The Kier molecular flexibility index (Phi) is 5.21. The lowest BCUT2D eigenvalue weighted by molar-refractivity contribution is -0.121. The van der Waals surface area contributed by atoms with E-state index < -0.39 is 5.97 Å². The predicted octanol–water partition coefficient (Wildman–Crippen LogP) is 2.80. The van der Waals surface area contributed by atoms with Gasteiger partial charge in [0.05, 0.1) is 24.8 Å². The van der Waals surface area contributed by atoms with Gasteiger partial charge in [-0.2, -0.15) is 0 Å². The van der Waals surface area contributed by atoms with Gasteiger partial charge >= 0.3 is 5.97 Å². The number of rotatable bonds is 6. The number of aromatic amines is 1. The maximum Gasteiger partial charge on any atom is 0.339 e. The van der Waals surface area contributed by atoms with Crippen molar-refractivity contribution >= 4 is 17.7 Å². The molecule has 142 valence electrons. The summed E-state index contributed by atoms with van der Waals surface area (Å²) in [6.07, 6.45) is 5.15. The fourth-order valence-electron chi connectivity index (χ4n) is 5.00. The molecule has 2 aliphatic rings. The summed E-state index contributed by atoms with van der Waals surface area (Å²) in [4.78, 5) is 39.4. The van der Waals surface area contributed by atoms with Crippen LogP contribution in [0.1, 0.15) is 71.6 Å². The third-order valence-electron chi connectivity index (χ3n) is 6.23. The maximum atomic E-state index is 12.6. The monoisotopic (exact) mass is 360 g/mol. The molecule has 26 heavy (non-hydrogen) atoms. The van der Waals surface area contributed by atoms with Gasteiger partial charge < -0.3 is 15.0 Å². The number of fused-ring (bicyclic) bond motifs is 2. The first kappa shape index (κ1) is 18.7. The minimum Gasteiger partial charge on any atom is -0.465 e. The molecule has 1 aromatic rings. The number of ether oxygens (including phenoxy) is 1. The van der Waals surface area contributed by atoms with Crippen molar-refractivity contribution in [3.63, 3.8) is 0 Å². The molecule has 4 unspecified atom stereocenters.